The Labute approximate surface area is 234 Å². The van der Waals surface area contributed by atoms with Crippen molar-refractivity contribution in [3.8, 4) is 0 Å². The van der Waals surface area contributed by atoms with Crippen molar-refractivity contribution in [2.24, 2.45) is 0 Å². The summed E-state index contributed by atoms with van der Waals surface area (Å²) in [6.45, 7) is 1.09. The van der Waals surface area contributed by atoms with Gasteiger partial charge in [0.15, 0.2) is 0 Å². The molecule has 2 heterocycles. The maximum Gasteiger partial charge on any atom is 0.335 e. The lowest BCUT2D eigenvalue weighted by molar-refractivity contribution is -0.137. The summed E-state index contributed by atoms with van der Waals surface area (Å²) in [4.78, 5) is 45.0. The van der Waals surface area contributed by atoms with Crippen molar-refractivity contribution >= 4 is 39.5 Å². The molecule has 41 heavy (non-hydrogen) atoms. The Morgan fingerprint density at radius 1 is 1.00 bits per heavy atom. The van der Waals surface area contributed by atoms with E-state index in [-0.39, 0.29) is 22.1 Å². The zero-order chi connectivity index (χ0) is 29.6. The minimum atomic E-state index is -4.34. The first-order chi connectivity index (χ1) is 19.5. The Morgan fingerprint density at radius 2 is 1.63 bits per heavy atom. The number of hydrogen-bond acceptors (Lipinski definition) is 9. The number of amides is 1. The number of benzene rings is 2. The highest BCUT2D eigenvalue weighted by atomic mass is 32.2. The van der Waals surface area contributed by atoms with Gasteiger partial charge in [0, 0.05) is 37.1 Å². The number of hydrogen-bond donors (Lipinski definition) is 5. The number of carbonyl (C=O) groups excluding carboxylic acids is 1. The number of rotatable bonds is 11. The van der Waals surface area contributed by atoms with Gasteiger partial charge in [-0.25, -0.2) is 27.6 Å². The van der Waals surface area contributed by atoms with Gasteiger partial charge in [-0.2, -0.15) is 4.72 Å². The van der Waals surface area contributed by atoms with Gasteiger partial charge >= 0.3 is 11.9 Å². The quantitative estimate of drug-likeness (QED) is 0.206. The largest absolute Gasteiger partial charge is 0.481 e. The third-order valence-electron chi connectivity index (χ3n) is 6.34. The van der Waals surface area contributed by atoms with E-state index in [0.29, 0.717) is 37.6 Å². The standard InChI is InChI=1S/C26H27FN6O7S/c27-20-14-17(4-7-21(20)33-12-8-18(9-13-33)30-26-28-10-1-11-29-26)24(36)31-22(15-23(34)35)32-41(39,40)19-5-2-16(3-6-19)25(37)38/h1-7,10-11,14,18,22,32H,8-9,12-13,15H2,(H,31,36)(H,34,35)(H,37,38)(H,28,29,30). The number of carboxylic acids is 2. The van der Waals surface area contributed by atoms with Crippen LogP contribution in [0.15, 0.2) is 65.8 Å². The molecule has 1 fully saturated rings. The van der Waals surface area contributed by atoms with E-state index in [9.17, 15) is 27.9 Å². The van der Waals surface area contributed by atoms with Gasteiger partial charge in [0.2, 0.25) is 16.0 Å². The molecule has 1 aromatic heterocycles. The monoisotopic (exact) mass is 586 g/mol. The molecule has 4 rings (SSSR count). The zero-order valence-electron chi connectivity index (χ0n) is 21.5. The summed E-state index contributed by atoms with van der Waals surface area (Å²) in [7, 11) is -4.34. The molecule has 1 amide bonds. The van der Waals surface area contributed by atoms with E-state index in [1.165, 1.54) is 12.1 Å². The molecule has 1 unspecified atom stereocenters. The van der Waals surface area contributed by atoms with Crippen molar-refractivity contribution in [2.75, 3.05) is 23.3 Å². The highest BCUT2D eigenvalue weighted by molar-refractivity contribution is 7.89. The van der Waals surface area contributed by atoms with Crippen LogP contribution >= 0.6 is 0 Å². The van der Waals surface area contributed by atoms with Crippen molar-refractivity contribution in [2.45, 2.75) is 36.4 Å². The lowest BCUT2D eigenvalue weighted by Crippen LogP contribution is -2.49. The van der Waals surface area contributed by atoms with Gasteiger partial charge in [-0.1, -0.05) is 0 Å². The summed E-state index contributed by atoms with van der Waals surface area (Å²) in [6.07, 6.45) is 2.30. The summed E-state index contributed by atoms with van der Waals surface area (Å²) >= 11 is 0. The number of nitrogens with one attached hydrogen (secondary N) is 3. The van der Waals surface area contributed by atoms with Gasteiger partial charge in [0.05, 0.1) is 22.6 Å². The van der Waals surface area contributed by atoms with E-state index in [0.717, 1.165) is 30.3 Å². The second-order valence-corrected chi connectivity index (χ2v) is 10.9. The molecule has 0 aliphatic carbocycles. The predicted molar refractivity (Wildman–Crippen MR) is 145 cm³/mol. The molecule has 0 spiro atoms. The van der Waals surface area contributed by atoms with Crippen LogP contribution in [0.25, 0.3) is 0 Å². The second-order valence-electron chi connectivity index (χ2n) is 9.22. The van der Waals surface area contributed by atoms with Gasteiger partial charge in [0.25, 0.3) is 5.91 Å². The smallest absolute Gasteiger partial charge is 0.335 e. The maximum absolute atomic E-state index is 15.1. The molecule has 1 aliphatic heterocycles. The van der Waals surface area contributed by atoms with Crippen molar-refractivity contribution in [3.05, 3.63) is 77.9 Å². The summed E-state index contributed by atoms with van der Waals surface area (Å²) in [6, 6.07) is 9.87. The summed E-state index contributed by atoms with van der Waals surface area (Å²) < 4.78 is 42.6. The molecule has 5 N–H and O–H groups in total. The highest BCUT2D eigenvalue weighted by Gasteiger charge is 2.26. The predicted octanol–water partition coefficient (Wildman–Crippen LogP) is 1.90. The first kappa shape index (κ1) is 29.4. The van der Waals surface area contributed by atoms with Crippen LogP contribution in [-0.2, 0) is 14.8 Å². The molecule has 216 valence electrons. The van der Waals surface area contributed by atoms with E-state index >= 15 is 4.39 Å². The molecule has 1 aliphatic rings. The molecular formula is C26H27FN6O7S. The zero-order valence-corrected chi connectivity index (χ0v) is 22.3. The van der Waals surface area contributed by atoms with Gasteiger partial charge < -0.3 is 25.7 Å². The van der Waals surface area contributed by atoms with Gasteiger partial charge in [0.1, 0.15) is 12.0 Å². The van der Waals surface area contributed by atoms with Gasteiger partial charge in [-0.15, -0.1) is 0 Å². The number of carbonyl (C=O) groups is 3. The van der Waals surface area contributed by atoms with Crippen LogP contribution in [0.5, 0.6) is 0 Å². The van der Waals surface area contributed by atoms with E-state index in [4.69, 9.17) is 5.11 Å². The number of sulfonamides is 1. The fraction of sp³-hybridized carbons (Fsp3) is 0.269. The fourth-order valence-electron chi connectivity index (χ4n) is 4.30. The van der Waals surface area contributed by atoms with E-state index in [1.54, 1.807) is 18.5 Å². The minimum Gasteiger partial charge on any atom is -0.481 e. The Bertz CT molecular complexity index is 1520. The molecule has 15 heteroatoms. The summed E-state index contributed by atoms with van der Waals surface area (Å²) in [5.74, 6) is -3.69. The number of piperidine rings is 1. The van der Waals surface area contributed by atoms with Crippen molar-refractivity contribution < 1.29 is 37.4 Å². The van der Waals surface area contributed by atoms with Crippen LogP contribution in [0.4, 0.5) is 16.0 Å². The summed E-state index contributed by atoms with van der Waals surface area (Å²) in [5.41, 5.74) is 0.0145. The van der Waals surface area contributed by atoms with Crippen LogP contribution in [0, 0.1) is 5.82 Å². The molecular weight excluding hydrogens is 559 g/mol. The third-order valence-corrected chi connectivity index (χ3v) is 7.83. The fourth-order valence-corrected chi connectivity index (χ4v) is 5.44. The van der Waals surface area contributed by atoms with Crippen molar-refractivity contribution in [1.82, 2.24) is 20.0 Å². The normalized spacial score (nSPS) is 14.7. The number of aromatic nitrogens is 2. The highest BCUT2D eigenvalue weighted by Crippen LogP contribution is 2.25. The lowest BCUT2D eigenvalue weighted by atomic mass is 10.0. The molecule has 0 saturated carbocycles. The average molecular weight is 587 g/mol. The van der Waals surface area contributed by atoms with Crippen LogP contribution < -0.4 is 20.3 Å². The van der Waals surface area contributed by atoms with E-state index in [2.05, 4.69) is 25.3 Å². The number of aliphatic carboxylic acids is 1. The molecule has 3 aromatic rings. The SMILES string of the molecule is O=C(O)CC(NC(=O)c1ccc(N2CCC(Nc3ncccn3)CC2)c(F)c1)NS(=O)(=O)c1ccc(C(=O)O)cc1. The first-order valence-corrected chi connectivity index (χ1v) is 14.0. The number of aromatic carboxylic acids is 1. The number of nitrogens with zero attached hydrogens (tertiary/aromatic N) is 3. The second kappa shape index (κ2) is 12.7. The van der Waals surface area contributed by atoms with Crippen LogP contribution in [0.3, 0.4) is 0 Å². The van der Waals surface area contributed by atoms with E-state index in [1.807, 2.05) is 4.90 Å². The first-order valence-electron chi connectivity index (χ1n) is 12.5. The topological polar surface area (TPSA) is 191 Å². The molecule has 1 saturated heterocycles. The molecule has 1 atom stereocenters. The molecule has 13 nitrogen and oxygen atoms in total. The Kier molecular flexibility index (Phi) is 9.09. The Hall–Kier alpha value is -4.63. The van der Waals surface area contributed by atoms with E-state index < -0.39 is 46.3 Å². The Morgan fingerprint density at radius 3 is 2.22 bits per heavy atom. The van der Waals surface area contributed by atoms with Crippen LogP contribution in [-0.4, -0.2) is 71.7 Å². The van der Waals surface area contributed by atoms with Crippen LogP contribution in [0.1, 0.15) is 40.0 Å². The number of carboxylic acid groups (broad SMARTS) is 2. The number of halogens is 1. The number of anilines is 2. The lowest BCUT2D eigenvalue weighted by Gasteiger charge is -2.34. The molecule has 2 aromatic carbocycles. The van der Waals surface area contributed by atoms with Crippen molar-refractivity contribution in [1.29, 1.82) is 0 Å². The summed E-state index contributed by atoms with van der Waals surface area (Å²) in [5, 5.41) is 23.7. The molecule has 0 radical (unpaired) electrons. The van der Waals surface area contributed by atoms with Crippen molar-refractivity contribution in [3.63, 3.8) is 0 Å². The maximum atomic E-state index is 15.1. The van der Waals surface area contributed by atoms with Gasteiger partial charge in [-0.05, 0) is 61.4 Å². The Balaban J connectivity index is 1.39. The third kappa shape index (κ3) is 7.73. The molecule has 0 bridgehead atoms. The average Bonchev–Trinajstić information content (AvgIpc) is 2.93. The minimum absolute atomic E-state index is 0.117. The van der Waals surface area contributed by atoms with Gasteiger partial charge in [-0.3, -0.25) is 9.59 Å². The van der Waals surface area contributed by atoms with Crippen LogP contribution in [0.2, 0.25) is 0 Å².